The fraction of sp³-hybridized carbons (Fsp3) is 0.238. The molecule has 1 heterocycles. The third-order valence-corrected chi connectivity index (χ3v) is 6.00. The largest absolute Gasteiger partial charge is 0.355 e. The van der Waals surface area contributed by atoms with Crippen molar-refractivity contribution in [2.75, 3.05) is 0 Å². The van der Waals surface area contributed by atoms with Gasteiger partial charge in [0.1, 0.15) is 0 Å². The molecule has 0 saturated heterocycles. The van der Waals surface area contributed by atoms with E-state index in [0.717, 1.165) is 6.42 Å². The number of benzene rings is 2. The van der Waals surface area contributed by atoms with Crippen molar-refractivity contribution < 1.29 is 0 Å². The van der Waals surface area contributed by atoms with E-state index in [9.17, 15) is 0 Å². The summed E-state index contributed by atoms with van der Waals surface area (Å²) in [6, 6.07) is 11.2. The highest BCUT2D eigenvalue weighted by Gasteiger charge is 2.23. The van der Waals surface area contributed by atoms with Crippen LogP contribution >= 0.6 is 15.9 Å². The first kappa shape index (κ1) is 13.6. The molecule has 0 aliphatic heterocycles. The summed E-state index contributed by atoms with van der Waals surface area (Å²) in [6.07, 6.45) is 7.08. The van der Waals surface area contributed by atoms with E-state index in [4.69, 9.17) is 0 Å². The van der Waals surface area contributed by atoms with E-state index >= 15 is 0 Å². The maximum absolute atomic E-state index is 3.68. The number of nitrogens with one attached hydrogen (secondary N) is 1. The maximum Gasteiger partial charge on any atom is 0.0467 e. The molecular formula is C21H18BrN. The van der Waals surface area contributed by atoms with Gasteiger partial charge in [0.05, 0.1) is 0 Å². The lowest BCUT2D eigenvalue weighted by molar-refractivity contribution is 0.459. The summed E-state index contributed by atoms with van der Waals surface area (Å²) in [7, 11) is 0. The zero-order valence-electron chi connectivity index (χ0n) is 13.3. The van der Waals surface area contributed by atoms with Crippen LogP contribution in [0.4, 0.5) is 0 Å². The SMILES string of the molecule is CC1(C)C=c2[nH]c3cc4c(cc3c2CC1)-c1cccc(Br)c1C=4. The maximum atomic E-state index is 3.68. The first-order valence-corrected chi connectivity index (χ1v) is 8.99. The highest BCUT2D eigenvalue weighted by atomic mass is 79.9. The van der Waals surface area contributed by atoms with Gasteiger partial charge in [-0.15, -0.1) is 0 Å². The van der Waals surface area contributed by atoms with Crippen LogP contribution in [0.3, 0.4) is 0 Å². The Morgan fingerprint density at radius 2 is 2.00 bits per heavy atom. The smallest absolute Gasteiger partial charge is 0.0467 e. The molecule has 5 rings (SSSR count). The number of aromatic nitrogens is 1. The standard InChI is InChI=1S/C21H18BrN/c1-21(2)7-6-14-17-10-15-12(9-19(17)23-20(14)11-21)8-16-13(15)4-3-5-18(16)22/h3-5,8-11,23H,6-7H2,1-2H3. The summed E-state index contributed by atoms with van der Waals surface area (Å²) >= 11 is 3.68. The number of hydrogen-bond donors (Lipinski definition) is 1. The van der Waals surface area contributed by atoms with Gasteiger partial charge in [0, 0.05) is 20.7 Å². The third-order valence-electron chi connectivity index (χ3n) is 5.31. The van der Waals surface area contributed by atoms with Crippen LogP contribution in [0, 0.1) is 5.41 Å². The fourth-order valence-corrected chi connectivity index (χ4v) is 4.55. The molecule has 114 valence electrons. The van der Waals surface area contributed by atoms with E-state index in [1.807, 2.05) is 0 Å². The zero-order chi connectivity index (χ0) is 15.8. The van der Waals surface area contributed by atoms with Gasteiger partial charge >= 0.3 is 0 Å². The van der Waals surface area contributed by atoms with Gasteiger partial charge in [-0.3, -0.25) is 0 Å². The van der Waals surface area contributed by atoms with Gasteiger partial charge in [0.25, 0.3) is 0 Å². The minimum atomic E-state index is 0.292. The van der Waals surface area contributed by atoms with E-state index in [2.05, 4.69) is 77.2 Å². The molecule has 0 amide bonds. The molecule has 0 atom stereocenters. The molecule has 2 aliphatic rings. The van der Waals surface area contributed by atoms with Crippen molar-refractivity contribution in [1.29, 1.82) is 0 Å². The molecule has 23 heavy (non-hydrogen) atoms. The van der Waals surface area contributed by atoms with Crippen LogP contribution < -0.4 is 10.6 Å². The Labute approximate surface area is 143 Å². The monoisotopic (exact) mass is 363 g/mol. The minimum Gasteiger partial charge on any atom is -0.355 e. The predicted molar refractivity (Wildman–Crippen MR) is 101 cm³/mol. The average Bonchev–Trinajstić information content (AvgIpc) is 3.01. The summed E-state index contributed by atoms with van der Waals surface area (Å²) in [5, 5.41) is 4.04. The molecule has 0 spiro atoms. The normalized spacial score (nSPS) is 17.2. The Morgan fingerprint density at radius 1 is 1.13 bits per heavy atom. The highest BCUT2D eigenvalue weighted by Crippen LogP contribution is 2.35. The van der Waals surface area contributed by atoms with Gasteiger partial charge in [-0.05, 0) is 70.0 Å². The first-order chi connectivity index (χ1) is 11.0. The second-order valence-corrected chi connectivity index (χ2v) is 8.33. The van der Waals surface area contributed by atoms with Crippen LogP contribution in [-0.4, -0.2) is 4.98 Å². The summed E-state index contributed by atoms with van der Waals surface area (Å²) in [4.78, 5) is 3.66. The molecule has 0 unspecified atom stereocenters. The van der Waals surface area contributed by atoms with Gasteiger partial charge in [0.2, 0.25) is 0 Å². The molecule has 1 N–H and O–H groups in total. The topological polar surface area (TPSA) is 15.8 Å². The van der Waals surface area contributed by atoms with Crippen molar-refractivity contribution >= 4 is 39.0 Å². The number of H-pyrrole nitrogens is 1. The summed E-state index contributed by atoms with van der Waals surface area (Å²) in [5.74, 6) is 0. The van der Waals surface area contributed by atoms with Crippen LogP contribution in [0.25, 0.3) is 34.2 Å². The van der Waals surface area contributed by atoms with Crippen molar-refractivity contribution in [3.63, 3.8) is 0 Å². The Kier molecular flexibility index (Phi) is 2.60. The molecule has 2 heteroatoms. The summed E-state index contributed by atoms with van der Waals surface area (Å²) < 4.78 is 1.17. The molecule has 3 aromatic rings. The minimum absolute atomic E-state index is 0.292. The molecule has 0 fully saturated rings. The lowest BCUT2D eigenvalue weighted by atomic mass is 9.82. The van der Waals surface area contributed by atoms with Gasteiger partial charge in [-0.1, -0.05) is 48.0 Å². The Balaban J connectivity index is 1.85. The Morgan fingerprint density at radius 3 is 2.87 bits per heavy atom. The quantitative estimate of drug-likeness (QED) is 0.473. The first-order valence-electron chi connectivity index (χ1n) is 8.20. The number of aryl methyl sites for hydroxylation is 1. The van der Waals surface area contributed by atoms with E-state index in [1.54, 1.807) is 0 Å². The van der Waals surface area contributed by atoms with Gasteiger partial charge in [0.15, 0.2) is 0 Å². The van der Waals surface area contributed by atoms with Crippen LogP contribution in [-0.2, 0) is 6.42 Å². The molecular weight excluding hydrogens is 346 g/mol. The lowest BCUT2D eigenvalue weighted by Gasteiger charge is -2.23. The number of hydrogen-bond acceptors (Lipinski definition) is 0. The van der Waals surface area contributed by atoms with Crippen LogP contribution in [0.15, 0.2) is 34.8 Å². The second kappa shape index (κ2) is 4.39. The van der Waals surface area contributed by atoms with Gasteiger partial charge in [-0.25, -0.2) is 0 Å². The number of rotatable bonds is 0. The second-order valence-electron chi connectivity index (χ2n) is 7.48. The van der Waals surface area contributed by atoms with Crippen molar-refractivity contribution in [2.24, 2.45) is 5.41 Å². The number of halogens is 1. The molecule has 1 nitrogen and oxygen atoms in total. The van der Waals surface area contributed by atoms with E-state index in [1.165, 1.54) is 54.6 Å². The number of fused-ring (bicyclic) bond motifs is 6. The Bertz CT molecular complexity index is 1100. The molecule has 2 aromatic carbocycles. The fourth-order valence-electron chi connectivity index (χ4n) is 4.06. The molecule has 0 bridgehead atoms. The average molecular weight is 364 g/mol. The number of aromatic amines is 1. The van der Waals surface area contributed by atoms with Gasteiger partial charge in [-0.2, -0.15) is 0 Å². The molecule has 1 aromatic heterocycles. The summed E-state index contributed by atoms with van der Waals surface area (Å²) in [6.45, 7) is 4.64. The third kappa shape index (κ3) is 1.91. The van der Waals surface area contributed by atoms with E-state index in [-0.39, 0.29) is 0 Å². The Hall–Kier alpha value is -1.80. The van der Waals surface area contributed by atoms with E-state index < -0.39 is 0 Å². The van der Waals surface area contributed by atoms with Crippen LogP contribution in [0.5, 0.6) is 0 Å². The van der Waals surface area contributed by atoms with Gasteiger partial charge < -0.3 is 4.98 Å². The van der Waals surface area contributed by atoms with Crippen LogP contribution in [0.1, 0.15) is 31.4 Å². The molecule has 0 radical (unpaired) electrons. The van der Waals surface area contributed by atoms with Crippen LogP contribution in [0.2, 0.25) is 0 Å². The predicted octanol–water partition coefficient (Wildman–Crippen LogP) is 4.49. The van der Waals surface area contributed by atoms with E-state index in [0.29, 0.717) is 5.41 Å². The van der Waals surface area contributed by atoms with Crippen molar-refractivity contribution in [3.05, 3.63) is 56.5 Å². The molecule has 2 aliphatic carbocycles. The summed E-state index contributed by atoms with van der Waals surface area (Å²) in [5.41, 5.74) is 7.05. The molecule has 0 saturated carbocycles. The van der Waals surface area contributed by atoms with Crippen molar-refractivity contribution in [2.45, 2.75) is 26.7 Å². The lowest BCUT2D eigenvalue weighted by Crippen LogP contribution is -2.23. The zero-order valence-corrected chi connectivity index (χ0v) is 14.9. The van der Waals surface area contributed by atoms with Crippen molar-refractivity contribution in [3.8, 4) is 11.1 Å². The van der Waals surface area contributed by atoms with Crippen molar-refractivity contribution in [1.82, 2.24) is 4.98 Å². The highest BCUT2D eigenvalue weighted by molar-refractivity contribution is 9.10.